The summed E-state index contributed by atoms with van der Waals surface area (Å²) < 4.78 is 9.74. The molecule has 0 amide bonds. The summed E-state index contributed by atoms with van der Waals surface area (Å²) in [5.41, 5.74) is 0.182. The van der Waals surface area contributed by atoms with Gasteiger partial charge in [0.25, 0.3) is 0 Å². The van der Waals surface area contributed by atoms with Crippen LogP contribution in [0.2, 0.25) is 0 Å². The zero-order valence-corrected chi connectivity index (χ0v) is 10.8. The quantitative estimate of drug-likeness (QED) is 0.844. The van der Waals surface area contributed by atoms with Crippen LogP contribution in [0.15, 0.2) is 24.3 Å². The Bertz CT molecular complexity index is 329. The lowest BCUT2D eigenvalue weighted by molar-refractivity contribution is 0.0695. The van der Waals surface area contributed by atoms with E-state index in [1.807, 2.05) is 0 Å². The number of hydrogen-bond acceptors (Lipinski definition) is 3. The van der Waals surface area contributed by atoms with Crippen molar-refractivity contribution >= 4 is 29.0 Å². The van der Waals surface area contributed by atoms with Gasteiger partial charge in [-0.2, -0.15) is 0 Å². The zero-order chi connectivity index (χ0) is 11.8. The molecule has 0 spiro atoms. The van der Waals surface area contributed by atoms with Crippen LogP contribution in [0.25, 0.3) is 0 Å². The number of para-hydroxylation sites is 1. The Labute approximate surface area is 108 Å². The minimum atomic E-state index is -0.975. The number of benzene rings is 1. The molecule has 0 atom stereocenters. The van der Waals surface area contributed by atoms with E-state index in [9.17, 15) is 4.79 Å². The molecule has 1 fully saturated rings. The Morgan fingerprint density at radius 1 is 1.31 bits per heavy atom. The van der Waals surface area contributed by atoms with E-state index in [1.54, 1.807) is 41.2 Å². The van der Waals surface area contributed by atoms with Crippen molar-refractivity contribution in [2.24, 2.45) is 0 Å². The van der Waals surface area contributed by atoms with Crippen molar-refractivity contribution in [1.82, 2.24) is 0 Å². The van der Waals surface area contributed by atoms with Crippen LogP contribution in [-0.2, 0) is 4.74 Å². The van der Waals surface area contributed by atoms with E-state index in [-0.39, 0.29) is 5.56 Å². The molecule has 88 valence electrons. The van der Waals surface area contributed by atoms with Crippen LogP contribution < -0.4 is 3.07 Å². The summed E-state index contributed by atoms with van der Waals surface area (Å²) in [6.07, 6.45) is 2.56. The van der Waals surface area contributed by atoms with Gasteiger partial charge >= 0.3 is 5.97 Å². The summed E-state index contributed by atoms with van der Waals surface area (Å²) >= 11 is 1.65. The fraction of sp³-hybridized carbons (Fsp3) is 0.364. The molecule has 0 aromatic heterocycles. The Balaban J connectivity index is 0.000000212. The normalized spacial score (nSPS) is 13.8. The molecule has 0 unspecified atom stereocenters. The number of carboxylic acid groups (broad SMARTS) is 1. The minimum Gasteiger partial charge on any atom is -0.478 e. The Morgan fingerprint density at radius 2 is 1.94 bits per heavy atom. The summed E-state index contributed by atoms with van der Waals surface area (Å²) in [6, 6.07) is 6.48. The standard InChI is InChI=1S/C7H5IO3.C4H8O/c8-11-6-4-2-1-3-5(6)7(9)10;1-2-4-5-3-1/h1-4H,(H,9,10);1-4H2. The molecule has 1 aromatic carbocycles. The number of halogens is 1. The van der Waals surface area contributed by atoms with Crippen molar-refractivity contribution in [3.8, 4) is 5.75 Å². The highest BCUT2D eigenvalue weighted by Crippen LogP contribution is 2.19. The summed E-state index contributed by atoms with van der Waals surface area (Å²) in [5.74, 6) is -0.599. The molecule has 1 N–H and O–H groups in total. The maximum atomic E-state index is 10.5. The van der Waals surface area contributed by atoms with Gasteiger partial charge in [-0.3, -0.25) is 0 Å². The van der Waals surface area contributed by atoms with Crippen LogP contribution in [-0.4, -0.2) is 24.3 Å². The molecule has 1 heterocycles. The van der Waals surface area contributed by atoms with Crippen LogP contribution in [0.5, 0.6) is 5.75 Å². The van der Waals surface area contributed by atoms with Crippen LogP contribution >= 0.6 is 23.0 Å². The predicted octanol–water partition coefficient (Wildman–Crippen LogP) is 2.91. The lowest BCUT2D eigenvalue weighted by Gasteiger charge is -1.99. The van der Waals surface area contributed by atoms with Gasteiger partial charge in [0, 0.05) is 13.2 Å². The van der Waals surface area contributed by atoms with E-state index in [0.717, 1.165) is 13.2 Å². The summed E-state index contributed by atoms with van der Waals surface area (Å²) in [6.45, 7) is 2.00. The highest BCUT2D eigenvalue weighted by Gasteiger charge is 2.08. The van der Waals surface area contributed by atoms with Gasteiger partial charge in [0.05, 0.1) is 0 Å². The number of aromatic carboxylic acids is 1. The van der Waals surface area contributed by atoms with E-state index in [4.69, 9.17) is 12.9 Å². The molecule has 1 aliphatic heterocycles. The number of rotatable bonds is 2. The van der Waals surface area contributed by atoms with Crippen molar-refractivity contribution in [1.29, 1.82) is 0 Å². The lowest BCUT2D eigenvalue weighted by atomic mass is 10.2. The number of ether oxygens (including phenoxy) is 1. The third-order valence-electron chi connectivity index (χ3n) is 2.03. The van der Waals surface area contributed by atoms with Gasteiger partial charge in [-0.25, -0.2) is 4.79 Å². The van der Waals surface area contributed by atoms with E-state index >= 15 is 0 Å². The zero-order valence-electron chi connectivity index (χ0n) is 8.69. The first-order valence-corrected chi connectivity index (χ1v) is 5.82. The van der Waals surface area contributed by atoms with Gasteiger partial charge < -0.3 is 12.9 Å². The first-order valence-electron chi connectivity index (χ1n) is 4.94. The second-order valence-corrected chi connectivity index (χ2v) is 3.64. The molecule has 1 aliphatic rings. The summed E-state index contributed by atoms with van der Waals surface area (Å²) in [7, 11) is 0. The monoisotopic (exact) mass is 336 g/mol. The van der Waals surface area contributed by atoms with E-state index in [0.29, 0.717) is 5.75 Å². The van der Waals surface area contributed by atoms with Gasteiger partial charge in [-0.1, -0.05) is 12.1 Å². The van der Waals surface area contributed by atoms with Gasteiger partial charge in [0.1, 0.15) is 11.3 Å². The van der Waals surface area contributed by atoms with Crippen LogP contribution in [0.1, 0.15) is 23.2 Å². The molecule has 0 aliphatic carbocycles. The Kier molecular flexibility index (Phi) is 6.17. The molecule has 5 heteroatoms. The lowest BCUT2D eigenvalue weighted by Crippen LogP contribution is -1.97. The molecule has 16 heavy (non-hydrogen) atoms. The summed E-state index contributed by atoms with van der Waals surface area (Å²) in [5, 5.41) is 8.61. The largest absolute Gasteiger partial charge is 0.478 e. The molecular weight excluding hydrogens is 323 g/mol. The molecule has 2 rings (SSSR count). The van der Waals surface area contributed by atoms with Gasteiger partial charge in [-0.05, 0) is 25.0 Å². The molecule has 1 aromatic rings. The number of hydrogen-bond donors (Lipinski definition) is 1. The van der Waals surface area contributed by atoms with E-state index in [2.05, 4.69) is 0 Å². The maximum Gasteiger partial charge on any atom is 0.339 e. The second-order valence-electron chi connectivity index (χ2n) is 3.20. The fourth-order valence-electron chi connectivity index (χ4n) is 1.22. The maximum absolute atomic E-state index is 10.5. The third kappa shape index (κ3) is 4.36. The molecule has 1 saturated heterocycles. The van der Waals surface area contributed by atoms with Gasteiger partial charge in [0.2, 0.25) is 0 Å². The van der Waals surface area contributed by atoms with Gasteiger partial charge in [0.15, 0.2) is 23.0 Å². The Hall–Kier alpha value is -0.820. The van der Waals surface area contributed by atoms with E-state index < -0.39 is 5.97 Å². The third-order valence-corrected chi connectivity index (χ3v) is 2.50. The second kappa shape index (κ2) is 7.45. The van der Waals surface area contributed by atoms with Crippen LogP contribution in [0, 0.1) is 0 Å². The van der Waals surface area contributed by atoms with Crippen molar-refractivity contribution in [2.45, 2.75) is 12.8 Å². The molecule has 0 saturated carbocycles. The smallest absolute Gasteiger partial charge is 0.339 e. The Morgan fingerprint density at radius 3 is 2.31 bits per heavy atom. The number of carbonyl (C=O) groups is 1. The fourth-order valence-corrected chi connectivity index (χ4v) is 1.60. The van der Waals surface area contributed by atoms with Crippen molar-refractivity contribution in [3.05, 3.63) is 29.8 Å². The SMILES string of the molecule is C1CCOC1.O=C(O)c1ccccc1OI. The first kappa shape index (κ1) is 13.2. The molecular formula is C11H13IO4. The predicted molar refractivity (Wildman–Crippen MR) is 68.1 cm³/mol. The van der Waals surface area contributed by atoms with Crippen LogP contribution in [0.3, 0.4) is 0 Å². The van der Waals surface area contributed by atoms with Crippen LogP contribution in [0.4, 0.5) is 0 Å². The van der Waals surface area contributed by atoms with Gasteiger partial charge in [-0.15, -0.1) is 0 Å². The molecule has 4 nitrogen and oxygen atoms in total. The highest BCUT2D eigenvalue weighted by atomic mass is 127. The first-order chi connectivity index (χ1) is 7.75. The highest BCUT2D eigenvalue weighted by molar-refractivity contribution is 14.1. The summed E-state index contributed by atoms with van der Waals surface area (Å²) in [4.78, 5) is 10.5. The molecule has 0 radical (unpaired) electrons. The average Bonchev–Trinajstić information content (AvgIpc) is 2.87. The number of carboxylic acids is 1. The average molecular weight is 336 g/mol. The van der Waals surface area contributed by atoms with Crippen molar-refractivity contribution in [3.63, 3.8) is 0 Å². The van der Waals surface area contributed by atoms with Crippen molar-refractivity contribution in [2.75, 3.05) is 13.2 Å². The minimum absolute atomic E-state index is 0.182. The van der Waals surface area contributed by atoms with E-state index in [1.165, 1.54) is 18.9 Å². The molecule has 0 bridgehead atoms. The topological polar surface area (TPSA) is 55.8 Å². The van der Waals surface area contributed by atoms with Crippen molar-refractivity contribution < 1.29 is 17.7 Å².